The summed E-state index contributed by atoms with van der Waals surface area (Å²) in [7, 11) is -3.98. The molecule has 2 aliphatic rings. The zero-order valence-electron chi connectivity index (χ0n) is 21.6. The van der Waals surface area contributed by atoms with E-state index in [1.165, 1.54) is 9.87 Å². The quantitative estimate of drug-likeness (QED) is 0.273. The zero-order valence-corrected chi connectivity index (χ0v) is 23.2. The van der Waals surface area contributed by atoms with Crippen molar-refractivity contribution in [1.82, 2.24) is 9.29 Å². The molecular formula is C30H29N3O4S2. The first-order valence-electron chi connectivity index (χ1n) is 13.3. The lowest BCUT2D eigenvalue weighted by Crippen LogP contribution is -2.51. The Hall–Kier alpha value is -3.40. The van der Waals surface area contributed by atoms with Crippen LogP contribution in [0.1, 0.15) is 44.1 Å². The van der Waals surface area contributed by atoms with Gasteiger partial charge in [-0.05, 0) is 73.9 Å². The zero-order chi connectivity index (χ0) is 27.1. The first-order chi connectivity index (χ1) is 18.8. The van der Waals surface area contributed by atoms with Crippen molar-refractivity contribution in [3.63, 3.8) is 0 Å². The molecule has 0 bridgehead atoms. The summed E-state index contributed by atoms with van der Waals surface area (Å²) in [6.07, 6.45) is 4.04. The Balaban J connectivity index is 1.30. The summed E-state index contributed by atoms with van der Waals surface area (Å²) in [6, 6.07) is 20.2. The highest BCUT2D eigenvalue weighted by atomic mass is 32.2. The summed E-state index contributed by atoms with van der Waals surface area (Å²) in [5.41, 5.74) is 3.43. The van der Waals surface area contributed by atoms with Crippen LogP contribution in [0.15, 0.2) is 77.7 Å². The van der Waals surface area contributed by atoms with Gasteiger partial charge in [0.1, 0.15) is 11.0 Å². The molecule has 39 heavy (non-hydrogen) atoms. The highest BCUT2D eigenvalue weighted by Crippen LogP contribution is 2.36. The van der Waals surface area contributed by atoms with Crippen molar-refractivity contribution in [1.29, 1.82) is 0 Å². The number of hydrogen-bond acceptors (Lipinski definition) is 6. The average molecular weight is 560 g/mol. The minimum absolute atomic E-state index is 0.143. The summed E-state index contributed by atoms with van der Waals surface area (Å²) < 4.78 is 30.1. The number of carbonyl (C=O) groups excluding carboxylic acids is 2. The van der Waals surface area contributed by atoms with Crippen LogP contribution in [-0.2, 0) is 19.6 Å². The number of carbonyl (C=O) groups is 2. The smallest absolute Gasteiger partial charge is 0.252 e. The van der Waals surface area contributed by atoms with Gasteiger partial charge < -0.3 is 0 Å². The molecule has 6 rings (SSSR count). The third-order valence-electron chi connectivity index (χ3n) is 7.60. The Morgan fingerprint density at radius 3 is 2.36 bits per heavy atom. The molecule has 0 radical (unpaired) electrons. The molecule has 1 saturated carbocycles. The van der Waals surface area contributed by atoms with Crippen LogP contribution in [0.2, 0.25) is 0 Å². The van der Waals surface area contributed by atoms with Gasteiger partial charge in [-0.1, -0.05) is 43.5 Å². The number of thiazole rings is 1. The third kappa shape index (κ3) is 4.79. The molecule has 4 aromatic rings. The molecule has 1 saturated heterocycles. The molecule has 200 valence electrons. The molecule has 1 aliphatic heterocycles. The predicted octanol–water partition coefficient (Wildman–Crippen LogP) is 5.93. The van der Waals surface area contributed by atoms with Crippen LogP contribution in [0.3, 0.4) is 0 Å². The number of imide groups is 1. The van der Waals surface area contributed by atoms with E-state index < -0.39 is 27.9 Å². The van der Waals surface area contributed by atoms with E-state index in [2.05, 4.69) is 6.07 Å². The largest absolute Gasteiger partial charge is 0.274 e. The highest BCUT2D eigenvalue weighted by Gasteiger charge is 2.49. The molecule has 2 amide bonds. The van der Waals surface area contributed by atoms with E-state index in [0.717, 1.165) is 45.0 Å². The van der Waals surface area contributed by atoms with Crippen molar-refractivity contribution in [3.05, 3.63) is 78.4 Å². The predicted molar refractivity (Wildman–Crippen MR) is 153 cm³/mol. The van der Waals surface area contributed by atoms with Gasteiger partial charge in [0, 0.05) is 11.6 Å². The van der Waals surface area contributed by atoms with Gasteiger partial charge >= 0.3 is 0 Å². The fourth-order valence-corrected chi connectivity index (χ4v) is 8.58. The van der Waals surface area contributed by atoms with E-state index in [0.29, 0.717) is 18.5 Å². The second-order valence-electron chi connectivity index (χ2n) is 10.3. The molecule has 3 aromatic carbocycles. The van der Waals surface area contributed by atoms with Gasteiger partial charge in [0.05, 0.1) is 27.2 Å². The molecule has 1 unspecified atom stereocenters. The van der Waals surface area contributed by atoms with Crippen LogP contribution in [0.25, 0.3) is 20.8 Å². The average Bonchev–Trinajstić information content (AvgIpc) is 3.49. The van der Waals surface area contributed by atoms with Crippen LogP contribution >= 0.6 is 11.3 Å². The Bertz CT molecular complexity index is 1640. The molecule has 2 heterocycles. The summed E-state index contributed by atoms with van der Waals surface area (Å²) in [5, 5.41) is 0.858. The molecule has 9 heteroatoms. The number of nitrogens with zero attached hydrogens (tertiary/aromatic N) is 3. The number of amides is 2. The standard InChI is InChI=1S/C30H29N3O4S2/c1-20-12-17-25-27(18-20)38-29(31-25)21-13-15-22(16-14-21)32-28(34)19-26(30(32)35)33(23-8-4-2-5-9-23)39(36,37)24-10-6-3-7-11-24/h3,6-7,10-18,23,26H,2,4-5,8-9,19H2,1H3. The van der Waals surface area contributed by atoms with E-state index in [1.807, 2.05) is 31.2 Å². The second-order valence-corrected chi connectivity index (χ2v) is 13.1. The van der Waals surface area contributed by atoms with E-state index in [4.69, 9.17) is 4.98 Å². The number of aryl methyl sites for hydroxylation is 1. The lowest BCUT2D eigenvalue weighted by molar-refractivity contribution is -0.122. The fourth-order valence-electron chi connectivity index (χ4n) is 5.66. The second kappa shape index (κ2) is 10.3. The SMILES string of the molecule is Cc1ccc2nc(-c3ccc(N4C(=O)CC(N(C5CCCCC5)S(=O)(=O)c5ccccc5)C4=O)cc3)sc2c1. The number of anilines is 1. The van der Waals surface area contributed by atoms with Gasteiger partial charge in [-0.15, -0.1) is 11.3 Å². The van der Waals surface area contributed by atoms with Crippen LogP contribution in [0.5, 0.6) is 0 Å². The van der Waals surface area contributed by atoms with Crippen LogP contribution < -0.4 is 4.90 Å². The van der Waals surface area contributed by atoms with Gasteiger partial charge in [-0.2, -0.15) is 4.31 Å². The van der Waals surface area contributed by atoms with E-state index in [-0.39, 0.29) is 17.4 Å². The molecular weight excluding hydrogens is 530 g/mol. The number of sulfonamides is 1. The van der Waals surface area contributed by atoms with Crippen molar-refractivity contribution in [2.24, 2.45) is 0 Å². The van der Waals surface area contributed by atoms with E-state index in [1.54, 1.807) is 53.8 Å². The lowest BCUT2D eigenvalue weighted by Gasteiger charge is -2.36. The molecule has 1 atom stereocenters. The Labute approximate surface area is 232 Å². The number of fused-ring (bicyclic) bond motifs is 1. The van der Waals surface area contributed by atoms with Gasteiger partial charge in [0.2, 0.25) is 15.9 Å². The minimum Gasteiger partial charge on any atom is -0.274 e. The Morgan fingerprint density at radius 2 is 1.64 bits per heavy atom. The van der Waals surface area contributed by atoms with Crippen molar-refractivity contribution in [3.8, 4) is 10.6 Å². The number of aromatic nitrogens is 1. The van der Waals surface area contributed by atoms with Gasteiger partial charge in [-0.3, -0.25) is 9.59 Å². The summed E-state index contributed by atoms with van der Waals surface area (Å²) >= 11 is 1.59. The summed E-state index contributed by atoms with van der Waals surface area (Å²) in [4.78, 5) is 33.0. The minimum atomic E-state index is -3.98. The maximum Gasteiger partial charge on any atom is 0.252 e. The topological polar surface area (TPSA) is 87.7 Å². The van der Waals surface area contributed by atoms with Crippen molar-refractivity contribution < 1.29 is 18.0 Å². The Morgan fingerprint density at radius 1 is 0.923 bits per heavy atom. The Kier molecular flexibility index (Phi) is 6.82. The monoisotopic (exact) mass is 559 g/mol. The van der Waals surface area contributed by atoms with Gasteiger partial charge in [-0.25, -0.2) is 18.3 Å². The third-order valence-corrected chi connectivity index (χ3v) is 10.6. The molecule has 1 aliphatic carbocycles. The normalized spacial score (nSPS) is 18.9. The molecule has 7 nitrogen and oxygen atoms in total. The van der Waals surface area contributed by atoms with E-state index >= 15 is 0 Å². The van der Waals surface area contributed by atoms with Crippen molar-refractivity contribution in [2.75, 3.05) is 4.90 Å². The maximum atomic E-state index is 13.8. The number of rotatable bonds is 6. The first kappa shape index (κ1) is 25.9. The lowest BCUT2D eigenvalue weighted by atomic mass is 9.94. The van der Waals surface area contributed by atoms with Crippen molar-refractivity contribution in [2.45, 2.75) is 62.4 Å². The van der Waals surface area contributed by atoms with E-state index in [9.17, 15) is 18.0 Å². The highest BCUT2D eigenvalue weighted by molar-refractivity contribution is 7.89. The molecule has 0 spiro atoms. The number of benzene rings is 3. The van der Waals surface area contributed by atoms with Gasteiger partial charge in [0.15, 0.2) is 0 Å². The molecule has 0 N–H and O–H groups in total. The van der Waals surface area contributed by atoms with Gasteiger partial charge in [0.25, 0.3) is 5.91 Å². The summed E-state index contributed by atoms with van der Waals surface area (Å²) in [5.74, 6) is -0.884. The van der Waals surface area contributed by atoms with Crippen LogP contribution in [0.4, 0.5) is 5.69 Å². The fraction of sp³-hybridized carbons (Fsp3) is 0.300. The molecule has 2 fully saturated rings. The number of hydrogen-bond donors (Lipinski definition) is 0. The van der Waals surface area contributed by atoms with Crippen LogP contribution in [0, 0.1) is 6.92 Å². The summed E-state index contributed by atoms with van der Waals surface area (Å²) in [6.45, 7) is 2.05. The first-order valence-corrected chi connectivity index (χ1v) is 15.5. The maximum absolute atomic E-state index is 13.8. The molecule has 1 aromatic heterocycles. The van der Waals surface area contributed by atoms with Crippen molar-refractivity contribution >= 4 is 49.1 Å². The van der Waals surface area contributed by atoms with Crippen LogP contribution in [-0.4, -0.2) is 41.6 Å².